The number of benzene rings is 2. The van der Waals surface area contributed by atoms with Crippen molar-refractivity contribution in [2.45, 2.75) is 31.8 Å². The SMILES string of the molecule is O=C1N(CC(O)CC2CCC2)CCN1c1cccc2c1cnn2-c1ccccc1F. The summed E-state index contributed by atoms with van der Waals surface area (Å²) in [4.78, 5) is 16.5. The van der Waals surface area contributed by atoms with Gasteiger partial charge in [-0.25, -0.2) is 13.9 Å². The van der Waals surface area contributed by atoms with Crippen LogP contribution in [0.5, 0.6) is 0 Å². The van der Waals surface area contributed by atoms with Crippen LogP contribution in [0, 0.1) is 11.7 Å². The molecule has 2 fully saturated rings. The van der Waals surface area contributed by atoms with E-state index in [0.29, 0.717) is 31.2 Å². The number of urea groups is 1. The molecule has 0 bridgehead atoms. The maximum absolute atomic E-state index is 14.3. The van der Waals surface area contributed by atoms with Crippen LogP contribution in [0.2, 0.25) is 0 Å². The highest BCUT2D eigenvalue weighted by molar-refractivity contribution is 6.03. The number of aliphatic hydroxyl groups excluding tert-OH is 1. The molecule has 2 aliphatic rings. The van der Waals surface area contributed by atoms with Crippen LogP contribution < -0.4 is 4.90 Å². The average Bonchev–Trinajstić information content (AvgIpc) is 3.29. The van der Waals surface area contributed by atoms with E-state index in [0.717, 1.165) is 23.0 Å². The van der Waals surface area contributed by atoms with Crippen LogP contribution in [-0.2, 0) is 0 Å². The highest BCUT2D eigenvalue weighted by Crippen LogP contribution is 2.33. The average molecular weight is 408 g/mol. The number of hydrogen-bond acceptors (Lipinski definition) is 3. The Morgan fingerprint density at radius 1 is 1.10 bits per heavy atom. The van der Waals surface area contributed by atoms with E-state index in [4.69, 9.17) is 0 Å². The highest BCUT2D eigenvalue weighted by Gasteiger charge is 2.33. The Bertz CT molecular complexity index is 1080. The Labute approximate surface area is 174 Å². The second-order valence-corrected chi connectivity index (χ2v) is 8.28. The van der Waals surface area contributed by atoms with Gasteiger partial charge in [0.25, 0.3) is 0 Å². The van der Waals surface area contributed by atoms with Gasteiger partial charge in [-0.05, 0) is 36.6 Å². The normalized spacial score (nSPS) is 18.3. The molecule has 0 spiro atoms. The van der Waals surface area contributed by atoms with E-state index in [1.165, 1.54) is 25.3 Å². The summed E-state index contributed by atoms with van der Waals surface area (Å²) in [5.41, 5.74) is 1.88. The number of nitrogens with zero attached hydrogens (tertiary/aromatic N) is 4. The molecule has 156 valence electrons. The molecule has 1 saturated heterocycles. The number of para-hydroxylation sites is 1. The van der Waals surface area contributed by atoms with Gasteiger partial charge in [-0.2, -0.15) is 5.10 Å². The molecule has 2 amide bonds. The Kier molecular flexibility index (Phi) is 4.90. The smallest absolute Gasteiger partial charge is 0.324 e. The molecule has 1 unspecified atom stereocenters. The first-order valence-corrected chi connectivity index (χ1v) is 10.6. The fourth-order valence-electron chi connectivity index (χ4n) is 4.50. The molecular weight excluding hydrogens is 383 g/mol. The summed E-state index contributed by atoms with van der Waals surface area (Å²) >= 11 is 0. The minimum Gasteiger partial charge on any atom is -0.391 e. The first-order valence-electron chi connectivity index (χ1n) is 10.6. The molecule has 0 radical (unpaired) electrons. The standard InChI is InChI=1S/C23H25FN4O2/c24-19-7-1-2-8-22(19)28-21-10-4-9-20(18(21)14-25-28)27-12-11-26(23(27)30)15-17(29)13-16-5-3-6-16/h1-2,4,7-10,14,16-17,29H,3,5-6,11-13,15H2. The van der Waals surface area contributed by atoms with E-state index < -0.39 is 6.10 Å². The van der Waals surface area contributed by atoms with Crippen LogP contribution in [0.15, 0.2) is 48.7 Å². The number of amides is 2. The molecule has 1 aliphatic carbocycles. The largest absolute Gasteiger partial charge is 0.391 e. The topological polar surface area (TPSA) is 61.6 Å². The first-order chi connectivity index (χ1) is 14.6. The van der Waals surface area contributed by atoms with Crippen LogP contribution in [-0.4, -0.2) is 51.6 Å². The molecule has 6 nitrogen and oxygen atoms in total. The van der Waals surface area contributed by atoms with Crippen LogP contribution in [0.3, 0.4) is 0 Å². The minimum atomic E-state index is -0.473. The lowest BCUT2D eigenvalue weighted by atomic mass is 9.81. The third-order valence-electron chi connectivity index (χ3n) is 6.32. The van der Waals surface area contributed by atoms with E-state index in [-0.39, 0.29) is 11.8 Å². The first kappa shape index (κ1) is 19.1. The molecule has 2 heterocycles. The number of hydrogen-bond donors (Lipinski definition) is 1. The summed E-state index contributed by atoms with van der Waals surface area (Å²) in [5.74, 6) is 0.253. The molecule has 7 heteroatoms. The van der Waals surface area contributed by atoms with Crippen molar-refractivity contribution in [1.29, 1.82) is 0 Å². The summed E-state index contributed by atoms with van der Waals surface area (Å²) in [5, 5.41) is 15.6. The van der Waals surface area contributed by atoms with Gasteiger partial charge in [0.1, 0.15) is 11.5 Å². The van der Waals surface area contributed by atoms with Gasteiger partial charge in [0.05, 0.1) is 23.5 Å². The lowest BCUT2D eigenvalue weighted by Gasteiger charge is -2.29. The zero-order valence-electron chi connectivity index (χ0n) is 16.7. The van der Waals surface area contributed by atoms with Crippen LogP contribution in [0.25, 0.3) is 16.6 Å². The van der Waals surface area contributed by atoms with Crippen molar-refractivity contribution < 1.29 is 14.3 Å². The molecule has 1 aliphatic heterocycles. The fourth-order valence-corrected chi connectivity index (χ4v) is 4.50. The quantitative estimate of drug-likeness (QED) is 0.672. The zero-order chi connectivity index (χ0) is 20.7. The van der Waals surface area contributed by atoms with Gasteiger partial charge in [0.2, 0.25) is 0 Å². The summed E-state index contributed by atoms with van der Waals surface area (Å²) in [7, 11) is 0. The van der Waals surface area contributed by atoms with Gasteiger partial charge in [0.15, 0.2) is 0 Å². The molecule has 2 aromatic carbocycles. The molecule has 1 N–H and O–H groups in total. The third kappa shape index (κ3) is 3.33. The molecule has 1 atom stereocenters. The van der Waals surface area contributed by atoms with E-state index in [2.05, 4.69) is 5.10 Å². The number of rotatable bonds is 6. The molecule has 3 aromatic rings. The second kappa shape index (κ2) is 7.72. The van der Waals surface area contributed by atoms with Crippen molar-refractivity contribution in [3.63, 3.8) is 0 Å². The minimum absolute atomic E-state index is 0.103. The van der Waals surface area contributed by atoms with Crippen LogP contribution in [0.4, 0.5) is 14.9 Å². The molecule has 1 aromatic heterocycles. The van der Waals surface area contributed by atoms with E-state index in [9.17, 15) is 14.3 Å². The Morgan fingerprint density at radius 3 is 2.67 bits per heavy atom. The zero-order valence-corrected chi connectivity index (χ0v) is 16.7. The van der Waals surface area contributed by atoms with E-state index in [1.54, 1.807) is 38.9 Å². The van der Waals surface area contributed by atoms with Crippen LogP contribution in [0.1, 0.15) is 25.7 Å². The Balaban J connectivity index is 1.39. The van der Waals surface area contributed by atoms with Gasteiger partial charge >= 0.3 is 6.03 Å². The van der Waals surface area contributed by atoms with Crippen molar-refractivity contribution >= 4 is 22.6 Å². The molecular formula is C23H25FN4O2. The second-order valence-electron chi connectivity index (χ2n) is 8.28. The Morgan fingerprint density at radius 2 is 1.90 bits per heavy atom. The van der Waals surface area contributed by atoms with Gasteiger partial charge in [-0.1, -0.05) is 37.5 Å². The van der Waals surface area contributed by atoms with Crippen molar-refractivity contribution in [1.82, 2.24) is 14.7 Å². The highest BCUT2D eigenvalue weighted by atomic mass is 19.1. The summed E-state index contributed by atoms with van der Waals surface area (Å²) in [6.07, 6.45) is 5.60. The van der Waals surface area contributed by atoms with E-state index in [1.807, 2.05) is 18.2 Å². The predicted octanol–water partition coefficient (Wildman–Crippen LogP) is 3.96. The van der Waals surface area contributed by atoms with Crippen molar-refractivity contribution in [2.24, 2.45) is 5.92 Å². The number of carbonyl (C=O) groups is 1. The summed E-state index contributed by atoms with van der Waals surface area (Å²) in [6, 6.07) is 12.0. The lowest BCUT2D eigenvalue weighted by Crippen LogP contribution is -2.38. The summed E-state index contributed by atoms with van der Waals surface area (Å²) in [6.45, 7) is 1.51. The predicted molar refractivity (Wildman–Crippen MR) is 113 cm³/mol. The third-order valence-corrected chi connectivity index (χ3v) is 6.32. The van der Waals surface area contributed by atoms with Gasteiger partial charge in [-0.3, -0.25) is 4.90 Å². The van der Waals surface area contributed by atoms with E-state index >= 15 is 0 Å². The number of anilines is 1. The number of aliphatic hydroxyl groups is 1. The van der Waals surface area contributed by atoms with Crippen molar-refractivity contribution in [3.8, 4) is 5.69 Å². The maximum Gasteiger partial charge on any atom is 0.324 e. The van der Waals surface area contributed by atoms with Crippen LogP contribution >= 0.6 is 0 Å². The number of β-amino-alcohol motifs (C(OH)–C–C–N with tert-alkyl or cyclic N) is 1. The molecule has 5 rings (SSSR count). The molecule has 1 saturated carbocycles. The summed E-state index contributed by atoms with van der Waals surface area (Å²) < 4.78 is 15.8. The fraction of sp³-hybridized carbons (Fsp3) is 0.391. The number of halogens is 1. The number of carbonyl (C=O) groups excluding carboxylic acids is 1. The number of aromatic nitrogens is 2. The number of fused-ring (bicyclic) bond motifs is 1. The lowest BCUT2D eigenvalue weighted by molar-refractivity contribution is 0.0912. The van der Waals surface area contributed by atoms with Crippen molar-refractivity contribution in [2.75, 3.05) is 24.5 Å². The van der Waals surface area contributed by atoms with Gasteiger partial charge in [0, 0.05) is 25.0 Å². The van der Waals surface area contributed by atoms with Gasteiger partial charge < -0.3 is 10.0 Å². The monoisotopic (exact) mass is 408 g/mol. The Hall–Kier alpha value is -2.93. The molecule has 30 heavy (non-hydrogen) atoms. The maximum atomic E-state index is 14.3. The van der Waals surface area contributed by atoms with Crippen molar-refractivity contribution in [3.05, 3.63) is 54.5 Å². The van der Waals surface area contributed by atoms with Gasteiger partial charge in [-0.15, -0.1) is 0 Å².